The summed E-state index contributed by atoms with van der Waals surface area (Å²) >= 11 is 1.70. The average Bonchev–Trinajstić information content (AvgIpc) is 3.37. The largest absolute Gasteiger partial charge is 0.497 e. The second-order valence-corrected chi connectivity index (χ2v) is 7.22. The molecule has 4 nitrogen and oxygen atoms in total. The van der Waals surface area contributed by atoms with Gasteiger partial charge in [-0.15, -0.1) is 0 Å². The molecule has 0 saturated carbocycles. The van der Waals surface area contributed by atoms with Crippen LogP contribution in [0.25, 0.3) is 0 Å². The Bertz CT molecular complexity index is 950. The third kappa shape index (κ3) is 2.47. The molecule has 5 heteroatoms. The Morgan fingerprint density at radius 1 is 1.12 bits per heavy atom. The monoisotopic (exact) mass is 362 g/mol. The van der Waals surface area contributed by atoms with Crippen molar-refractivity contribution in [3.8, 4) is 11.5 Å². The SMILES string of the molecule is COc1ccc([C@@H]2Oc3ccccc3[C@H]3CC(c4ccsc4)=NN32)cc1. The fourth-order valence-electron chi connectivity index (χ4n) is 3.63. The predicted molar refractivity (Wildman–Crippen MR) is 103 cm³/mol. The van der Waals surface area contributed by atoms with Gasteiger partial charge in [0.05, 0.1) is 18.9 Å². The molecule has 1 aromatic heterocycles. The number of hydrogen-bond acceptors (Lipinski definition) is 5. The molecule has 5 rings (SSSR count). The van der Waals surface area contributed by atoms with Crippen molar-refractivity contribution in [1.29, 1.82) is 0 Å². The third-order valence-corrected chi connectivity index (χ3v) is 5.64. The Morgan fingerprint density at radius 3 is 2.73 bits per heavy atom. The molecule has 2 aliphatic rings. The first-order chi connectivity index (χ1) is 12.8. The summed E-state index contributed by atoms with van der Waals surface area (Å²) in [6, 6.07) is 18.6. The molecule has 0 amide bonds. The lowest BCUT2D eigenvalue weighted by molar-refractivity contribution is -0.0190. The van der Waals surface area contributed by atoms with Crippen LogP contribution in [0.15, 0.2) is 70.5 Å². The molecule has 0 saturated heterocycles. The molecular weight excluding hydrogens is 344 g/mol. The number of fused-ring (bicyclic) bond motifs is 3. The van der Waals surface area contributed by atoms with Crippen molar-refractivity contribution in [1.82, 2.24) is 5.01 Å². The van der Waals surface area contributed by atoms with Crippen molar-refractivity contribution in [3.63, 3.8) is 0 Å². The summed E-state index contributed by atoms with van der Waals surface area (Å²) in [7, 11) is 1.68. The van der Waals surface area contributed by atoms with Crippen molar-refractivity contribution in [2.24, 2.45) is 5.10 Å². The Balaban J connectivity index is 1.58. The zero-order valence-electron chi connectivity index (χ0n) is 14.3. The minimum Gasteiger partial charge on any atom is -0.497 e. The molecule has 0 spiro atoms. The van der Waals surface area contributed by atoms with E-state index in [9.17, 15) is 0 Å². The molecule has 0 bridgehead atoms. The van der Waals surface area contributed by atoms with Gasteiger partial charge in [0.2, 0.25) is 6.23 Å². The standard InChI is InChI=1S/C21H18N2O2S/c1-24-16-8-6-14(7-9-16)21-23-19(17-4-2-3-5-20(17)25-21)12-18(22-23)15-10-11-26-13-15/h2-11,13,19,21H,12H2,1H3/t19-,21+/m1/s1. The third-order valence-electron chi connectivity index (χ3n) is 4.95. The smallest absolute Gasteiger partial charge is 0.213 e. The second-order valence-electron chi connectivity index (χ2n) is 6.44. The predicted octanol–water partition coefficient (Wildman–Crippen LogP) is 5.00. The first kappa shape index (κ1) is 15.5. The summed E-state index contributed by atoms with van der Waals surface area (Å²) < 4.78 is 11.6. The molecule has 2 aromatic carbocycles. The number of hydrazone groups is 1. The molecule has 3 heterocycles. The van der Waals surface area contributed by atoms with Crippen molar-refractivity contribution in [3.05, 3.63) is 82.0 Å². The second kappa shape index (κ2) is 6.18. The zero-order chi connectivity index (χ0) is 17.5. The highest BCUT2D eigenvalue weighted by atomic mass is 32.1. The van der Waals surface area contributed by atoms with Crippen molar-refractivity contribution >= 4 is 17.0 Å². The van der Waals surface area contributed by atoms with Gasteiger partial charge in [0, 0.05) is 23.1 Å². The van der Waals surface area contributed by atoms with E-state index in [2.05, 4.69) is 34.0 Å². The lowest BCUT2D eigenvalue weighted by atomic mass is 9.97. The summed E-state index contributed by atoms with van der Waals surface area (Å²) in [5, 5.41) is 11.3. The molecule has 0 fully saturated rings. The Labute approximate surface area is 156 Å². The summed E-state index contributed by atoms with van der Waals surface area (Å²) in [4.78, 5) is 0. The molecular formula is C21H18N2O2S. The highest BCUT2D eigenvalue weighted by Crippen LogP contribution is 2.47. The Hall–Kier alpha value is -2.79. The van der Waals surface area contributed by atoms with Crippen LogP contribution in [0.5, 0.6) is 11.5 Å². The van der Waals surface area contributed by atoms with Crippen molar-refractivity contribution < 1.29 is 9.47 Å². The zero-order valence-corrected chi connectivity index (χ0v) is 15.1. The summed E-state index contributed by atoms with van der Waals surface area (Å²) in [6.07, 6.45) is 0.654. The van der Waals surface area contributed by atoms with E-state index in [0.717, 1.165) is 29.2 Å². The lowest BCUT2D eigenvalue weighted by Gasteiger charge is -2.38. The molecule has 2 atom stereocenters. The van der Waals surface area contributed by atoms with Gasteiger partial charge in [-0.2, -0.15) is 16.4 Å². The molecule has 0 unspecified atom stereocenters. The topological polar surface area (TPSA) is 34.1 Å². The maximum atomic E-state index is 6.35. The van der Waals surface area contributed by atoms with Gasteiger partial charge in [0.25, 0.3) is 0 Å². The van der Waals surface area contributed by atoms with E-state index in [-0.39, 0.29) is 12.3 Å². The Morgan fingerprint density at radius 2 is 1.96 bits per heavy atom. The van der Waals surface area contributed by atoms with E-state index >= 15 is 0 Å². The molecule has 0 N–H and O–H groups in total. The normalized spacial score (nSPS) is 20.8. The summed E-state index contributed by atoms with van der Waals surface area (Å²) in [6.45, 7) is 0. The van der Waals surface area contributed by atoms with Crippen LogP contribution in [-0.4, -0.2) is 17.8 Å². The molecule has 0 radical (unpaired) electrons. The van der Waals surface area contributed by atoms with Gasteiger partial charge >= 0.3 is 0 Å². The van der Waals surface area contributed by atoms with Crippen LogP contribution in [0.2, 0.25) is 0 Å². The number of thiophene rings is 1. The number of methoxy groups -OCH3 is 1. The van der Waals surface area contributed by atoms with Crippen LogP contribution in [0, 0.1) is 0 Å². The maximum Gasteiger partial charge on any atom is 0.213 e. The fourth-order valence-corrected chi connectivity index (χ4v) is 4.29. The Kier molecular flexibility index (Phi) is 3.68. The van der Waals surface area contributed by atoms with Gasteiger partial charge < -0.3 is 9.47 Å². The van der Waals surface area contributed by atoms with E-state index < -0.39 is 0 Å². The highest BCUT2D eigenvalue weighted by molar-refractivity contribution is 7.08. The van der Waals surface area contributed by atoms with E-state index in [1.807, 2.05) is 36.4 Å². The van der Waals surface area contributed by atoms with Gasteiger partial charge in [-0.05, 0) is 47.2 Å². The maximum absolute atomic E-state index is 6.35. The van der Waals surface area contributed by atoms with Crippen molar-refractivity contribution in [2.45, 2.75) is 18.7 Å². The van der Waals surface area contributed by atoms with Gasteiger partial charge in [-0.1, -0.05) is 18.2 Å². The highest BCUT2D eigenvalue weighted by Gasteiger charge is 2.40. The lowest BCUT2D eigenvalue weighted by Crippen LogP contribution is -2.33. The number of hydrogen-bond donors (Lipinski definition) is 0. The van der Waals surface area contributed by atoms with E-state index in [0.29, 0.717) is 0 Å². The first-order valence-corrected chi connectivity index (χ1v) is 9.55. The molecule has 26 heavy (non-hydrogen) atoms. The number of nitrogens with zero attached hydrogens (tertiary/aromatic N) is 2. The van der Waals surface area contributed by atoms with E-state index in [4.69, 9.17) is 14.6 Å². The molecule has 130 valence electrons. The number of para-hydroxylation sites is 1. The number of benzene rings is 2. The van der Waals surface area contributed by atoms with Crippen LogP contribution in [0.3, 0.4) is 0 Å². The van der Waals surface area contributed by atoms with Gasteiger partial charge in [0.15, 0.2) is 0 Å². The van der Waals surface area contributed by atoms with Gasteiger partial charge in [-0.3, -0.25) is 0 Å². The molecule has 0 aliphatic carbocycles. The quantitative estimate of drug-likeness (QED) is 0.658. The first-order valence-electron chi connectivity index (χ1n) is 8.61. The van der Waals surface area contributed by atoms with Crippen LogP contribution in [-0.2, 0) is 0 Å². The van der Waals surface area contributed by atoms with Gasteiger partial charge in [0.1, 0.15) is 11.5 Å². The average molecular weight is 362 g/mol. The van der Waals surface area contributed by atoms with Crippen molar-refractivity contribution in [2.75, 3.05) is 7.11 Å². The van der Waals surface area contributed by atoms with Crippen LogP contribution in [0.1, 0.15) is 35.4 Å². The fraction of sp³-hybridized carbons (Fsp3) is 0.190. The van der Waals surface area contributed by atoms with Crippen LogP contribution in [0.4, 0.5) is 0 Å². The molecule has 3 aromatic rings. The minimum atomic E-state index is -0.239. The van der Waals surface area contributed by atoms with E-state index in [1.54, 1.807) is 18.4 Å². The van der Waals surface area contributed by atoms with E-state index in [1.165, 1.54) is 11.1 Å². The van der Waals surface area contributed by atoms with Crippen LogP contribution >= 0.6 is 11.3 Å². The van der Waals surface area contributed by atoms with Gasteiger partial charge in [-0.25, -0.2) is 5.01 Å². The number of ether oxygens (including phenoxy) is 2. The number of rotatable bonds is 3. The molecule has 2 aliphatic heterocycles. The summed E-state index contributed by atoms with van der Waals surface area (Å²) in [5.41, 5.74) is 4.59. The summed E-state index contributed by atoms with van der Waals surface area (Å²) in [5.74, 6) is 1.78. The van der Waals surface area contributed by atoms with Crippen LogP contribution < -0.4 is 9.47 Å². The minimum absolute atomic E-state index is 0.196.